The number of hydrogen-bond acceptors (Lipinski definition) is 6. The normalized spacial score (nSPS) is 27.0. The molecule has 4 rings (SSSR count). The number of para-hydroxylation sites is 1. The number of furan rings is 1. The van der Waals surface area contributed by atoms with Crippen molar-refractivity contribution in [3.8, 4) is 0 Å². The van der Waals surface area contributed by atoms with E-state index in [9.17, 15) is 4.79 Å². The predicted octanol–water partition coefficient (Wildman–Crippen LogP) is 2.62. The SMILES string of the molecule is CCOC(=O)C1CCCCN1CC1CNNC1c1cc2ccccc2o1. The van der Waals surface area contributed by atoms with E-state index >= 15 is 0 Å². The topological polar surface area (TPSA) is 66.7 Å². The van der Waals surface area contributed by atoms with Crippen LogP contribution in [0.1, 0.15) is 38.0 Å². The van der Waals surface area contributed by atoms with Crippen LogP contribution < -0.4 is 10.9 Å². The van der Waals surface area contributed by atoms with Crippen molar-refractivity contribution in [1.82, 2.24) is 15.8 Å². The summed E-state index contributed by atoms with van der Waals surface area (Å²) < 4.78 is 11.4. The Morgan fingerprint density at radius 3 is 3.08 bits per heavy atom. The molecule has 0 aliphatic carbocycles. The van der Waals surface area contributed by atoms with Gasteiger partial charge in [-0.1, -0.05) is 24.6 Å². The molecule has 2 saturated heterocycles. The molecule has 0 radical (unpaired) electrons. The van der Waals surface area contributed by atoms with Crippen LogP contribution in [0.25, 0.3) is 11.0 Å². The molecule has 6 nitrogen and oxygen atoms in total. The number of benzene rings is 1. The molecule has 6 heteroatoms. The molecule has 140 valence electrons. The Hall–Kier alpha value is -1.89. The minimum Gasteiger partial charge on any atom is -0.465 e. The molecule has 2 N–H and O–H groups in total. The van der Waals surface area contributed by atoms with E-state index in [0.717, 1.165) is 55.6 Å². The predicted molar refractivity (Wildman–Crippen MR) is 99.4 cm³/mol. The van der Waals surface area contributed by atoms with E-state index in [1.165, 1.54) is 0 Å². The van der Waals surface area contributed by atoms with Crippen molar-refractivity contribution < 1.29 is 13.9 Å². The maximum Gasteiger partial charge on any atom is 0.323 e. The van der Waals surface area contributed by atoms with Crippen molar-refractivity contribution in [3.63, 3.8) is 0 Å². The number of hydrogen-bond donors (Lipinski definition) is 2. The van der Waals surface area contributed by atoms with Gasteiger partial charge in [0, 0.05) is 24.4 Å². The second-order valence-electron chi connectivity index (χ2n) is 7.21. The lowest BCUT2D eigenvalue weighted by Gasteiger charge is -2.36. The molecule has 3 unspecified atom stereocenters. The number of carbonyl (C=O) groups excluding carboxylic acids is 1. The van der Waals surface area contributed by atoms with E-state index in [2.05, 4.69) is 27.9 Å². The van der Waals surface area contributed by atoms with Gasteiger partial charge in [0.25, 0.3) is 0 Å². The molecule has 3 heterocycles. The first kappa shape index (κ1) is 17.5. The van der Waals surface area contributed by atoms with Crippen LogP contribution >= 0.6 is 0 Å². The number of carbonyl (C=O) groups is 1. The average molecular weight is 357 g/mol. The van der Waals surface area contributed by atoms with Gasteiger partial charge in [-0.3, -0.25) is 15.1 Å². The first-order chi connectivity index (χ1) is 12.8. The Kier molecular flexibility index (Phi) is 5.24. The third kappa shape index (κ3) is 3.49. The van der Waals surface area contributed by atoms with Crippen LogP contribution in [-0.4, -0.2) is 43.2 Å². The van der Waals surface area contributed by atoms with Crippen LogP contribution in [-0.2, 0) is 9.53 Å². The highest BCUT2D eigenvalue weighted by Crippen LogP contribution is 2.32. The molecule has 2 aliphatic rings. The number of nitrogens with one attached hydrogen (secondary N) is 2. The maximum atomic E-state index is 12.3. The van der Waals surface area contributed by atoms with Crippen molar-refractivity contribution in [2.75, 3.05) is 26.2 Å². The number of esters is 1. The van der Waals surface area contributed by atoms with Crippen LogP contribution in [0.3, 0.4) is 0 Å². The first-order valence-electron chi connectivity index (χ1n) is 9.64. The number of ether oxygens (including phenoxy) is 1. The van der Waals surface area contributed by atoms with Gasteiger partial charge >= 0.3 is 5.97 Å². The molecule has 0 amide bonds. The number of piperidine rings is 1. The van der Waals surface area contributed by atoms with Gasteiger partial charge in [0.1, 0.15) is 17.4 Å². The van der Waals surface area contributed by atoms with Crippen molar-refractivity contribution in [1.29, 1.82) is 0 Å². The zero-order valence-corrected chi connectivity index (χ0v) is 15.2. The zero-order valence-electron chi connectivity index (χ0n) is 15.2. The highest BCUT2D eigenvalue weighted by Gasteiger charge is 2.36. The van der Waals surface area contributed by atoms with E-state index in [-0.39, 0.29) is 18.1 Å². The monoisotopic (exact) mass is 357 g/mol. The van der Waals surface area contributed by atoms with Gasteiger partial charge in [-0.2, -0.15) is 0 Å². The molecule has 1 aromatic carbocycles. The second-order valence-corrected chi connectivity index (χ2v) is 7.21. The van der Waals surface area contributed by atoms with Gasteiger partial charge in [-0.05, 0) is 38.4 Å². The molecule has 2 aliphatic heterocycles. The van der Waals surface area contributed by atoms with E-state index in [4.69, 9.17) is 9.15 Å². The largest absolute Gasteiger partial charge is 0.465 e. The van der Waals surface area contributed by atoms with Crippen LogP contribution in [0, 0.1) is 5.92 Å². The van der Waals surface area contributed by atoms with E-state index in [1.54, 1.807) is 0 Å². The standard InChI is InChI=1S/C20H27N3O3/c1-2-25-20(24)16-8-5-6-10-23(16)13-15-12-21-22-19(15)18-11-14-7-3-4-9-17(14)26-18/h3-4,7,9,11,15-16,19,21-22H,2,5-6,8,10,12-13H2,1H3. The summed E-state index contributed by atoms with van der Waals surface area (Å²) in [5.41, 5.74) is 7.54. The van der Waals surface area contributed by atoms with Gasteiger partial charge in [0.05, 0.1) is 12.6 Å². The number of fused-ring (bicyclic) bond motifs is 1. The summed E-state index contributed by atoms with van der Waals surface area (Å²) >= 11 is 0. The van der Waals surface area contributed by atoms with Gasteiger partial charge in [0.15, 0.2) is 0 Å². The van der Waals surface area contributed by atoms with Crippen molar-refractivity contribution in [2.45, 2.75) is 38.3 Å². The van der Waals surface area contributed by atoms with Crippen molar-refractivity contribution in [3.05, 3.63) is 36.1 Å². The molecule has 2 fully saturated rings. The summed E-state index contributed by atoms with van der Waals surface area (Å²) in [4.78, 5) is 14.6. The van der Waals surface area contributed by atoms with Gasteiger partial charge in [0.2, 0.25) is 0 Å². The smallest absolute Gasteiger partial charge is 0.323 e. The molecule has 2 aromatic rings. The second kappa shape index (κ2) is 7.78. The summed E-state index contributed by atoms with van der Waals surface area (Å²) in [5.74, 6) is 1.21. The Labute approximate surface area is 153 Å². The fourth-order valence-electron chi connectivity index (χ4n) is 4.18. The van der Waals surface area contributed by atoms with Crippen molar-refractivity contribution >= 4 is 16.9 Å². The third-order valence-electron chi connectivity index (χ3n) is 5.49. The van der Waals surface area contributed by atoms with Crippen LogP contribution in [0.15, 0.2) is 34.7 Å². The molecule has 1 aromatic heterocycles. The molecular formula is C20H27N3O3. The van der Waals surface area contributed by atoms with Gasteiger partial charge < -0.3 is 9.15 Å². The molecule has 0 saturated carbocycles. The number of hydrazine groups is 1. The van der Waals surface area contributed by atoms with E-state index < -0.39 is 0 Å². The highest BCUT2D eigenvalue weighted by atomic mass is 16.5. The fourth-order valence-corrected chi connectivity index (χ4v) is 4.18. The maximum absolute atomic E-state index is 12.3. The first-order valence-corrected chi connectivity index (χ1v) is 9.64. The lowest BCUT2D eigenvalue weighted by atomic mass is 9.95. The average Bonchev–Trinajstić information content (AvgIpc) is 3.28. The Morgan fingerprint density at radius 1 is 1.35 bits per heavy atom. The minimum absolute atomic E-state index is 0.0774. The fraction of sp³-hybridized carbons (Fsp3) is 0.550. The highest BCUT2D eigenvalue weighted by molar-refractivity contribution is 5.78. The summed E-state index contributed by atoms with van der Waals surface area (Å²) in [6.45, 7) is 4.97. The van der Waals surface area contributed by atoms with Crippen molar-refractivity contribution in [2.24, 2.45) is 5.92 Å². The van der Waals surface area contributed by atoms with Gasteiger partial charge in [-0.25, -0.2) is 5.43 Å². The van der Waals surface area contributed by atoms with Gasteiger partial charge in [-0.15, -0.1) is 0 Å². The van der Waals surface area contributed by atoms with Crippen LogP contribution in [0.2, 0.25) is 0 Å². The lowest BCUT2D eigenvalue weighted by Crippen LogP contribution is -2.48. The molecule has 3 atom stereocenters. The van der Waals surface area contributed by atoms with Crippen LogP contribution in [0.5, 0.6) is 0 Å². The lowest BCUT2D eigenvalue weighted by molar-refractivity contribution is -0.151. The molecule has 26 heavy (non-hydrogen) atoms. The number of likely N-dealkylation sites (tertiary alicyclic amines) is 1. The molecule has 0 bridgehead atoms. The summed E-state index contributed by atoms with van der Waals surface area (Å²) in [7, 11) is 0. The Balaban J connectivity index is 1.49. The Morgan fingerprint density at radius 2 is 2.23 bits per heavy atom. The van der Waals surface area contributed by atoms with E-state index in [1.807, 2.05) is 25.1 Å². The molecular weight excluding hydrogens is 330 g/mol. The van der Waals surface area contributed by atoms with Crippen LogP contribution in [0.4, 0.5) is 0 Å². The summed E-state index contributed by atoms with van der Waals surface area (Å²) in [6.07, 6.45) is 3.12. The van der Waals surface area contributed by atoms with E-state index in [0.29, 0.717) is 12.5 Å². The number of nitrogens with zero attached hydrogens (tertiary/aromatic N) is 1. The zero-order chi connectivity index (χ0) is 17.9. The minimum atomic E-state index is -0.111. The quantitative estimate of drug-likeness (QED) is 0.802. The summed E-state index contributed by atoms with van der Waals surface area (Å²) in [6, 6.07) is 10.2. The molecule has 0 spiro atoms. The third-order valence-corrected chi connectivity index (χ3v) is 5.49. The Bertz CT molecular complexity index is 727. The summed E-state index contributed by atoms with van der Waals surface area (Å²) in [5, 5.41) is 1.12. The number of rotatable bonds is 5.